The quantitative estimate of drug-likeness (QED) is 0.725. The second-order valence-electron chi connectivity index (χ2n) is 7.10. The predicted molar refractivity (Wildman–Crippen MR) is 107 cm³/mol. The number of aromatic nitrogens is 2. The van der Waals surface area contributed by atoms with E-state index in [-0.39, 0.29) is 11.8 Å². The van der Waals surface area contributed by atoms with Crippen LogP contribution >= 0.6 is 0 Å². The molecule has 1 amide bonds. The molecule has 1 atom stereocenters. The van der Waals surface area contributed by atoms with Crippen molar-refractivity contribution in [3.8, 4) is 11.3 Å². The zero-order valence-corrected chi connectivity index (χ0v) is 15.3. The normalized spacial score (nSPS) is 17.6. The fourth-order valence-electron chi connectivity index (χ4n) is 3.65. The van der Waals surface area contributed by atoms with Crippen molar-refractivity contribution in [3.05, 3.63) is 72.4 Å². The van der Waals surface area contributed by atoms with E-state index in [0.29, 0.717) is 0 Å². The maximum atomic E-state index is 12.7. The lowest BCUT2D eigenvalue weighted by Gasteiger charge is -2.32. The van der Waals surface area contributed by atoms with Gasteiger partial charge in [0.15, 0.2) is 0 Å². The molecular formula is C22H24N4O. The van der Waals surface area contributed by atoms with E-state index in [1.165, 1.54) is 5.56 Å². The molecule has 2 N–H and O–H groups in total. The van der Waals surface area contributed by atoms with Crippen LogP contribution in [0.5, 0.6) is 0 Å². The molecule has 0 bridgehead atoms. The van der Waals surface area contributed by atoms with E-state index in [2.05, 4.69) is 44.7 Å². The predicted octanol–water partition coefficient (Wildman–Crippen LogP) is 3.93. The van der Waals surface area contributed by atoms with Crippen LogP contribution in [0.4, 0.5) is 5.69 Å². The number of carbonyl (C=O) groups excluding carboxylic acids is 1. The number of piperidine rings is 1. The van der Waals surface area contributed by atoms with Crippen molar-refractivity contribution < 1.29 is 4.79 Å². The minimum atomic E-state index is 0.0368. The van der Waals surface area contributed by atoms with E-state index in [1.54, 1.807) is 6.20 Å². The number of hydrogen-bond acceptors (Lipinski definition) is 3. The number of hydrogen-bond donors (Lipinski definition) is 2. The Bertz CT molecular complexity index is 859. The molecule has 0 aliphatic carbocycles. The number of likely N-dealkylation sites (tertiary alicyclic amines) is 1. The van der Waals surface area contributed by atoms with E-state index >= 15 is 0 Å². The van der Waals surface area contributed by atoms with E-state index in [0.717, 1.165) is 49.4 Å². The zero-order chi connectivity index (χ0) is 18.5. The van der Waals surface area contributed by atoms with Crippen LogP contribution in [0.3, 0.4) is 0 Å². The van der Waals surface area contributed by atoms with Gasteiger partial charge in [-0.15, -0.1) is 0 Å². The fraction of sp³-hybridized carbons (Fsp3) is 0.273. The van der Waals surface area contributed by atoms with Gasteiger partial charge in [-0.25, -0.2) is 0 Å². The van der Waals surface area contributed by atoms with Gasteiger partial charge in [-0.05, 0) is 48.7 Å². The third-order valence-electron chi connectivity index (χ3n) is 5.09. The molecule has 1 aromatic heterocycles. The van der Waals surface area contributed by atoms with Crippen molar-refractivity contribution >= 4 is 11.6 Å². The van der Waals surface area contributed by atoms with Crippen LogP contribution in [0.1, 0.15) is 18.4 Å². The molecule has 2 heterocycles. The van der Waals surface area contributed by atoms with Crippen molar-refractivity contribution in [3.63, 3.8) is 0 Å². The standard InChI is InChI=1S/C22H24N4O/c27-22(24-20-10-8-18(9-11-20)21-12-13-23-25-21)19-7-4-14-26(16-19)15-17-5-2-1-3-6-17/h1-3,5-6,8-13,19H,4,7,14-16H2,(H,23,25)(H,24,27). The third-order valence-corrected chi connectivity index (χ3v) is 5.09. The lowest BCUT2D eigenvalue weighted by atomic mass is 9.96. The average molecular weight is 360 g/mol. The molecule has 2 aromatic carbocycles. The Morgan fingerprint density at radius 2 is 1.93 bits per heavy atom. The Hall–Kier alpha value is -2.92. The van der Waals surface area contributed by atoms with Gasteiger partial charge in [0, 0.05) is 25.0 Å². The molecule has 1 aliphatic rings. The van der Waals surface area contributed by atoms with Crippen LogP contribution in [-0.2, 0) is 11.3 Å². The summed E-state index contributed by atoms with van der Waals surface area (Å²) < 4.78 is 0. The summed E-state index contributed by atoms with van der Waals surface area (Å²) in [6.45, 7) is 2.77. The van der Waals surface area contributed by atoms with Crippen LogP contribution in [0.25, 0.3) is 11.3 Å². The average Bonchev–Trinajstić information content (AvgIpc) is 3.24. The van der Waals surface area contributed by atoms with Crippen molar-refractivity contribution in [1.29, 1.82) is 0 Å². The van der Waals surface area contributed by atoms with Crippen LogP contribution in [0, 0.1) is 5.92 Å². The number of H-pyrrole nitrogens is 1. The second kappa shape index (κ2) is 8.18. The van der Waals surface area contributed by atoms with Gasteiger partial charge in [0.1, 0.15) is 0 Å². The Kier molecular flexibility index (Phi) is 5.30. The number of amides is 1. The summed E-state index contributed by atoms with van der Waals surface area (Å²) in [5.41, 5.74) is 4.16. The molecule has 0 saturated carbocycles. The highest BCUT2D eigenvalue weighted by Gasteiger charge is 2.25. The number of rotatable bonds is 5. The largest absolute Gasteiger partial charge is 0.326 e. The van der Waals surface area contributed by atoms with Crippen molar-refractivity contribution in [2.45, 2.75) is 19.4 Å². The molecule has 27 heavy (non-hydrogen) atoms. The summed E-state index contributed by atoms with van der Waals surface area (Å²) in [7, 11) is 0. The molecule has 3 aromatic rings. The zero-order valence-electron chi connectivity index (χ0n) is 15.3. The number of benzene rings is 2. The summed E-state index contributed by atoms with van der Waals surface area (Å²) in [6.07, 6.45) is 3.74. The van der Waals surface area contributed by atoms with Crippen molar-refractivity contribution in [1.82, 2.24) is 15.1 Å². The second-order valence-corrected chi connectivity index (χ2v) is 7.10. The number of nitrogens with one attached hydrogen (secondary N) is 2. The first-order valence-electron chi connectivity index (χ1n) is 9.45. The van der Waals surface area contributed by atoms with E-state index < -0.39 is 0 Å². The highest BCUT2D eigenvalue weighted by atomic mass is 16.1. The van der Waals surface area contributed by atoms with Crippen LogP contribution in [0.2, 0.25) is 0 Å². The maximum absolute atomic E-state index is 12.7. The minimum absolute atomic E-state index is 0.0368. The molecule has 1 saturated heterocycles. The molecule has 5 heteroatoms. The molecule has 4 rings (SSSR count). The number of carbonyl (C=O) groups is 1. The van der Waals surface area contributed by atoms with Gasteiger partial charge in [-0.3, -0.25) is 14.8 Å². The molecule has 1 unspecified atom stereocenters. The molecule has 1 fully saturated rings. The van der Waals surface area contributed by atoms with Gasteiger partial charge in [0.25, 0.3) is 0 Å². The van der Waals surface area contributed by atoms with E-state index in [9.17, 15) is 4.79 Å². The van der Waals surface area contributed by atoms with Crippen molar-refractivity contribution in [2.24, 2.45) is 5.92 Å². The highest BCUT2D eigenvalue weighted by Crippen LogP contribution is 2.22. The summed E-state index contributed by atoms with van der Waals surface area (Å²) in [4.78, 5) is 15.1. The summed E-state index contributed by atoms with van der Waals surface area (Å²) in [6, 6.07) is 20.3. The minimum Gasteiger partial charge on any atom is -0.326 e. The maximum Gasteiger partial charge on any atom is 0.228 e. The lowest BCUT2D eigenvalue weighted by molar-refractivity contribution is -0.121. The number of aromatic amines is 1. The van der Waals surface area contributed by atoms with Crippen molar-refractivity contribution in [2.75, 3.05) is 18.4 Å². The summed E-state index contributed by atoms with van der Waals surface area (Å²) >= 11 is 0. The van der Waals surface area contributed by atoms with Gasteiger partial charge >= 0.3 is 0 Å². The van der Waals surface area contributed by atoms with Gasteiger partial charge in [-0.1, -0.05) is 42.5 Å². The molecule has 138 valence electrons. The van der Waals surface area contributed by atoms with Gasteiger partial charge in [0.05, 0.1) is 11.6 Å². The van der Waals surface area contributed by atoms with Gasteiger partial charge in [0.2, 0.25) is 5.91 Å². The monoisotopic (exact) mass is 360 g/mol. The van der Waals surface area contributed by atoms with E-state index in [4.69, 9.17) is 0 Å². The van der Waals surface area contributed by atoms with Gasteiger partial charge < -0.3 is 5.32 Å². The summed E-state index contributed by atoms with van der Waals surface area (Å²) in [5.74, 6) is 0.150. The Morgan fingerprint density at radius 3 is 2.67 bits per heavy atom. The fourth-order valence-corrected chi connectivity index (χ4v) is 3.65. The Balaban J connectivity index is 1.35. The number of nitrogens with zero attached hydrogens (tertiary/aromatic N) is 2. The molecular weight excluding hydrogens is 336 g/mol. The lowest BCUT2D eigenvalue weighted by Crippen LogP contribution is -2.40. The molecule has 5 nitrogen and oxygen atoms in total. The van der Waals surface area contributed by atoms with Crippen LogP contribution < -0.4 is 5.32 Å². The first-order chi connectivity index (χ1) is 13.3. The smallest absolute Gasteiger partial charge is 0.228 e. The van der Waals surface area contributed by atoms with E-state index in [1.807, 2.05) is 36.4 Å². The SMILES string of the molecule is O=C(Nc1ccc(-c2ccn[nH]2)cc1)C1CCCN(Cc2ccccc2)C1. The van der Waals surface area contributed by atoms with Crippen LogP contribution in [0.15, 0.2) is 66.9 Å². The summed E-state index contributed by atoms with van der Waals surface area (Å²) in [5, 5.41) is 9.99. The topological polar surface area (TPSA) is 61.0 Å². The first-order valence-corrected chi connectivity index (χ1v) is 9.45. The molecule has 0 spiro atoms. The third kappa shape index (κ3) is 4.44. The highest BCUT2D eigenvalue weighted by molar-refractivity contribution is 5.93. The van der Waals surface area contributed by atoms with Crippen LogP contribution in [-0.4, -0.2) is 34.1 Å². The molecule has 0 radical (unpaired) electrons. The van der Waals surface area contributed by atoms with Gasteiger partial charge in [-0.2, -0.15) is 5.10 Å². The molecule has 1 aliphatic heterocycles. The Morgan fingerprint density at radius 1 is 1.11 bits per heavy atom. The Labute approximate surface area is 159 Å². The number of anilines is 1. The first kappa shape index (κ1) is 17.5.